The molecular formula is C15H12O2S. The van der Waals surface area contributed by atoms with E-state index in [1.807, 2.05) is 48.7 Å². The van der Waals surface area contributed by atoms with Gasteiger partial charge in [0.2, 0.25) is 5.78 Å². The molecule has 0 saturated heterocycles. The number of Topliss-reactive ketones (excluding diaryl/α,β-unsaturated/α-hetero) is 1. The monoisotopic (exact) mass is 256 g/mol. The molecule has 3 aromatic rings. The molecule has 3 rings (SSSR count). The molecule has 0 aliphatic rings. The van der Waals surface area contributed by atoms with Crippen LogP contribution in [0.15, 0.2) is 46.2 Å². The van der Waals surface area contributed by atoms with Crippen LogP contribution in [0.1, 0.15) is 21.0 Å². The second-order valence-corrected chi connectivity index (χ2v) is 5.32. The molecule has 0 N–H and O–H groups in total. The lowest BCUT2D eigenvalue weighted by Gasteiger charge is -1.94. The second kappa shape index (κ2) is 4.42. The quantitative estimate of drug-likeness (QED) is 0.656. The highest BCUT2D eigenvalue weighted by Gasteiger charge is 2.14. The van der Waals surface area contributed by atoms with E-state index in [4.69, 9.17) is 4.42 Å². The summed E-state index contributed by atoms with van der Waals surface area (Å²) in [5.74, 6) is 0.487. The number of hydrogen-bond acceptors (Lipinski definition) is 3. The van der Waals surface area contributed by atoms with Gasteiger partial charge in [0.25, 0.3) is 0 Å². The van der Waals surface area contributed by atoms with Crippen LogP contribution in [0, 0.1) is 6.92 Å². The van der Waals surface area contributed by atoms with Crippen LogP contribution in [-0.4, -0.2) is 5.78 Å². The minimum absolute atomic E-state index is 0.0352. The van der Waals surface area contributed by atoms with Gasteiger partial charge < -0.3 is 4.42 Å². The van der Waals surface area contributed by atoms with Crippen LogP contribution in [0.2, 0.25) is 0 Å². The highest BCUT2D eigenvalue weighted by molar-refractivity contribution is 7.10. The summed E-state index contributed by atoms with van der Waals surface area (Å²) >= 11 is 1.59. The number of rotatable bonds is 3. The predicted molar refractivity (Wildman–Crippen MR) is 73.3 cm³/mol. The molecule has 1 aromatic carbocycles. The van der Waals surface area contributed by atoms with E-state index in [-0.39, 0.29) is 5.78 Å². The number of fused-ring (bicyclic) bond motifs is 1. The number of carbonyl (C=O) groups is 1. The normalized spacial score (nSPS) is 10.9. The molecular weight excluding hydrogens is 244 g/mol. The van der Waals surface area contributed by atoms with Crippen molar-refractivity contribution in [3.05, 3.63) is 58.0 Å². The van der Waals surface area contributed by atoms with Crippen molar-refractivity contribution in [3.8, 4) is 0 Å². The molecule has 0 aliphatic carbocycles. The second-order valence-electron chi connectivity index (χ2n) is 4.28. The van der Waals surface area contributed by atoms with E-state index in [0.29, 0.717) is 12.2 Å². The number of hydrogen-bond donors (Lipinski definition) is 0. The predicted octanol–water partition coefficient (Wildman–Crippen LogP) is 4.23. The maximum Gasteiger partial charge on any atom is 0.203 e. The summed E-state index contributed by atoms with van der Waals surface area (Å²) in [4.78, 5) is 13.2. The number of thiophene rings is 1. The van der Waals surface area contributed by atoms with E-state index in [2.05, 4.69) is 0 Å². The van der Waals surface area contributed by atoms with E-state index in [1.54, 1.807) is 11.3 Å². The summed E-state index contributed by atoms with van der Waals surface area (Å²) in [7, 11) is 0. The Morgan fingerprint density at radius 1 is 1.28 bits per heavy atom. The molecule has 0 bridgehead atoms. The Hall–Kier alpha value is -1.87. The van der Waals surface area contributed by atoms with Gasteiger partial charge in [0.15, 0.2) is 5.76 Å². The van der Waals surface area contributed by atoms with Gasteiger partial charge in [0.1, 0.15) is 5.58 Å². The molecule has 0 spiro atoms. The minimum Gasteiger partial charge on any atom is -0.453 e. The summed E-state index contributed by atoms with van der Waals surface area (Å²) in [5.41, 5.74) is 1.87. The first-order valence-corrected chi connectivity index (χ1v) is 6.67. The number of benzene rings is 1. The van der Waals surface area contributed by atoms with Crippen molar-refractivity contribution in [2.45, 2.75) is 13.3 Å². The Morgan fingerprint density at radius 2 is 2.17 bits per heavy atom. The molecule has 18 heavy (non-hydrogen) atoms. The zero-order valence-corrected chi connectivity index (χ0v) is 10.8. The molecule has 2 aromatic heterocycles. The smallest absolute Gasteiger partial charge is 0.203 e. The van der Waals surface area contributed by atoms with Crippen LogP contribution in [-0.2, 0) is 6.42 Å². The van der Waals surface area contributed by atoms with Gasteiger partial charge in [-0.2, -0.15) is 0 Å². The van der Waals surface area contributed by atoms with Gasteiger partial charge in [-0.25, -0.2) is 0 Å². The molecule has 0 amide bonds. The van der Waals surface area contributed by atoms with Gasteiger partial charge in [-0.3, -0.25) is 4.79 Å². The summed E-state index contributed by atoms with van der Waals surface area (Å²) in [6.45, 7) is 1.99. The molecule has 3 heteroatoms. The van der Waals surface area contributed by atoms with Gasteiger partial charge in [-0.1, -0.05) is 24.3 Å². The van der Waals surface area contributed by atoms with Crippen molar-refractivity contribution in [1.82, 2.24) is 0 Å². The molecule has 2 heterocycles. The van der Waals surface area contributed by atoms with Crippen molar-refractivity contribution < 1.29 is 9.21 Å². The Labute approximate surface area is 109 Å². The Balaban J connectivity index is 1.94. The standard InChI is InChI=1S/C15H12O2S/c1-10-4-2-5-11-8-14(17-15(10)11)13(16)9-12-6-3-7-18-12/h2-8H,9H2,1H3. The third kappa shape index (κ3) is 1.97. The van der Waals surface area contributed by atoms with Crippen molar-refractivity contribution >= 4 is 28.1 Å². The van der Waals surface area contributed by atoms with Crippen LogP contribution >= 0.6 is 11.3 Å². The van der Waals surface area contributed by atoms with Crippen LogP contribution in [0.25, 0.3) is 11.0 Å². The lowest BCUT2D eigenvalue weighted by atomic mass is 10.1. The first kappa shape index (κ1) is 11.2. The maximum absolute atomic E-state index is 12.1. The number of ketones is 1. The Morgan fingerprint density at radius 3 is 2.89 bits per heavy atom. The largest absolute Gasteiger partial charge is 0.453 e. The minimum atomic E-state index is 0.0352. The lowest BCUT2D eigenvalue weighted by molar-refractivity contribution is 0.0969. The number of aryl methyl sites for hydroxylation is 1. The van der Waals surface area contributed by atoms with E-state index in [9.17, 15) is 4.79 Å². The molecule has 2 nitrogen and oxygen atoms in total. The van der Waals surface area contributed by atoms with Gasteiger partial charge >= 0.3 is 0 Å². The molecule has 0 atom stereocenters. The third-order valence-corrected chi connectivity index (χ3v) is 3.81. The van der Waals surface area contributed by atoms with Gasteiger partial charge in [-0.05, 0) is 30.0 Å². The van der Waals surface area contributed by atoms with Gasteiger partial charge in [0.05, 0.1) is 0 Å². The number of furan rings is 1. The third-order valence-electron chi connectivity index (χ3n) is 2.93. The lowest BCUT2D eigenvalue weighted by Crippen LogP contribution is -1.99. The van der Waals surface area contributed by atoms with E-state index in [1.165, 1.54) is 0 Å². The first-order valence-electron chi connectivity index (χ1n) is 5.79. The SMILES string of the molecule is Cc1cccc2cc(C(=O)Cc3cccs3)oc12. The van der Waals surface area contributed by atoms with E-state index in [0.717, 1.165) is 21.4 Å². The molecule has 0 fully saturated rings. The van der Waals surface area contributed by atoms with Gasteiger partial charge in [-0.15, -0.1) is 11.3 Å². The number of para-hydroxylation sites is 1. The maximum atomic E-state index is 12.1. The zero-order chi connectivity index (χ0) is 12.5. The molecule has 0 saturated carbocycles. The molecule has 0 aliphatic heterocycles. The molecule has 90 valence electrons. The highest BCUT2D eigenvalue weighted by Crippen LogP contribution is 2.24. The topological polar surface area (TPSA) is 30.2 Å². The molecule has 0 radical (unpaired) electrons. The van der Waals surface area contributed by atoms with E-state index < -0.39 is 0 Å². The zero-order valence-electron chi connectivity index (χ0n) is 9.97. The van der Waals surface area contributed by atoms with Crippen LogP contribution < -0.4 is 0 Å². The first-order chi connectivity index (χ1) is 8.74. The van der Waals surface area contributed by atoms with Crippen LogP contribution in [0.5, 0.6) is 0 Å². The van der Waals surface area contributed by atoms with Crippen molar-refractivity contribution in [1.29, 1.82) is 0 Å². The fraction of sp³-hybridized carbons (Fsp3) is 0.133. The van der Waals surface area contributed by atoms with Crippen LogP contribution in [0.3, 0.4) is 0 Å². The highest BCUT2D eigenvalue weighted by atomic mass is 32.1. The fourth-order valence-corrected chi connectivity index (χ4v) is 2.71. The average molecular weight is 256 g/mol. The summed E-state index contributed by atoms with van der Waals surface area (Å²) in [6, 6.07) is 11.7. The van der Waals surface area contributed by atoms with E-state index >= 15 is 0 Å². The van der Waals surface area contributed by atoms with Crippen LogP contribution in [0.4, 0.5) is 0 Å². The van der Waals surface area contributed by atoms with Crippen molar-refractivity contribution in [2.24, 2.45) is 0 Å². The number of carbonyl (C=O) groups excluding carboxylic acids is 1. The average Bonchev–Trinajstić information content (AvgIpc) is 2.97. The summed E-state index contributed by atoms with van der Waals surface area (Å²) in [6.07, 6.45) is 0.413. The summed E-state index contributed by atoms with van der Waals surface area (Å²) < 4.78 is 5.66. The summed E-state index contributed by atoms with van der Waals surface area (Å²) in [5, 5.41) is 2.97. The fourth-order valence-electron chi connectivity index (χ4n) is 2.00. The van der Waals surface area contributed by atoms with Crippen molar-refractivity contribution in [3.63, 3.8) is 0 Å². The van der Waals surface area contributed by atoms with Gasteiger partial charge in [0, 0.05) is 16.7 Å². The molecule has 0 unspecified atom stereocenters. The Bertz CT molecular complexity index is 692. The van der Waals surface area contributed by atoms with Crippen molar-refractivity contribution in [2.75, 3.05) is 0 Å². The Kier molecular flexibility index (Phi) is 2.76.